The molecule has 0 heterocycles. The van der Waals surface area contributed by atoms with Gasteiger partial charge in [-0.15, -0.1) is 0 Å². The summed E-state index contributed by atoms with van der Waals surface area (Å²) in [5, 5.41) is 0. The Morgan fingerprint density at radius 2 is 2.14 bits per heavy atom. The van der Waals surface area contributed by atoms with Crippen LogP contribution in [0, 0.1) is 11.8 Å². The van der Waals surface area contributed by atoms with Crippen molar-refractivity contribution in [1.82, 2.24) is 0 Å². The molecule has 1 nitrogen and oxygen atoms in total. The fourth-order valence-corrected chi connectivity index (χ4v) is 2.12. The van der Waals surface area contributed by atoms with E-state index in [1.54, 1.807) is 0 Å². The maximum Gasteiger partial charge on any atom is 0.125 e. The quantitative estimate of drug-likeness (QED) is 0.692. The van der Waals surface area contributed by atoms with Crippen molar-refractivity contribution in [2.75, 3.05) is 6.54 Å². The summed E-state index contributed by atoms with van der Waals surface area (Å²) < 4.78 is 14.1. The normalized spacial score (nSPS) is 21.9. The van der Waals surface area contributed by atoms with Gasteiger partial charge in [0.15, 0.2) is 0 Å². The largest absolute Gasteiger partial charge is 0.330 e. The Hall–Kier alpha value is -0.370. The van der Waals surface area contributed by atoms with Gasteiger partial charge < -0.3 is 5.73 Å². The molecule has 0 aliphatic heterocycles. The van der Waals surface area contributed by atoms with E-state index in [4.69, 9.17) is 5.73 Å². The van der Waals surface area contributed by atoms with Crippen LogP contribution in [0.4, 0.5) is 4.39 Å². The summed E-state index contributed by atoms with van der Waals surface area (Å²) in [6.45, 7) is 4.55. The molecule has 0 saturated carbocycles. The van der Waals surface area contributed by atoms with Crippen molar-refractivity contribution < 1.29 is 4.39 Å². The molecule has 0 fully saturated rings. The van der Waals surface area contributed by atoms with E-state index < -0.39 is 6.17 Å². The number of hydrogen-bond acceptors (Lipinski definition) is 1. The monoisotopic (exact) mass is 199 g/mol. The van der Waals surface area contributed by atoms with E-state index in [9.17, 15) is 4.39 Å². The number of halogens is 1. The van der Waals surface area contributed by atoms with Crippen LogP contribution in [0.25, 0.3) is 0 Å². The van der Waals surface area contributed by atoms with Gasteiger partial charge >= 0.3 is 0 Å². The van der Waals surface area contributed by atoms with Crippen molar-refractivity contribution in [3.05, 3.63) is 11.6 Å². The van der Waals surface area contributed by atoms with Crippen LogP contribution in [0.2, 0.25) is 0 Å². The summed E-state index contributed by atoms with van der Waals surface area (Å²) in [6.07, 6.45) is 5.61. The maximum atomic E-state index is 14.1. The first-order chi connectivity index (χ1) is 6.66. The van der Waals surface area contributed by atoms with Crippen LogP contribution in [0.5, 0.6) is 0 Å². The standard InChI is InChI=1S/C12H22FN/c1-9(2)11(8-14)12(13)10-6-4-3-5-7-10/h6,9,11-12H,3-5,7-8,14H2,1-2H3. The van der Waals surface area contributed by atoms with Crippen molar-refractivity contribution >= 4 is 0 Å². The zero-order valence-electron chi connectivity index (χ0n) is 9.30. The minimum absolute atomic E-state index is 0.000602. The second kappa shape index (κ2) is 5.50. The van der Waals surface area contributed by atoms with Crippen molar-refractivity contribution in [1.29, 1.82) is 0 Å². The minimum atomic E-state index is -0.805. The molecular weight excluding hydrogens is 177 g/mol. The fourth-order valence-electron chi connectivity index (χ4n) is 2.12. The van der Waals surface area contributed by atoms with Gasteiger partial charge in [0.05, 0.1) is 0 Å². The molecular formula is C12H22FN. The molecule has 2 unspecified atom stereocenters. The third kappa shape index (κ3) is 2.81. The average Bonchev–Trinajstić information content (AvgIpc) is 2.19. The zero-order chi connectivity index (χ0) is 10.6. The number of allylic oxidation sites excluding steroid dienone is 2. The van der Waals surface area contributed by atoms with Crippen molar-refractivity contribution in [3.63, 3.8) is 0 Å². The Balaban J connectivity index is 2.61. The summed E-state index contributed by atoms with van der Waals surface area (Å²) in [7, 11) is 0. The Morgan fingerprint density at radius 3 is 2.57 bits per heavy atom. The molecule has 1 aliphatic carbocycles. The van der Waals surface area contributed by atoms with Crippen LogP contribution >= 0.6 is 0 Å². The second-order valence-electron chi connectivity index (χ2n) is 4.57. The first kappa shape index (κ1) is 11.7. The van der Waals surface area contributed by atoms with Gasteiger partial charge in [-0.2, -0.15) is 0 Å². The summed E-state index contributed by atoms with van der Waals surface area (Å²) in [4.78, 5) is 0. The van der Waals surface area contributed by atoms with Crippen LogP contribution in [0.1, 0.15) is 39.5 Å². The Kier molecular flexibility index (Phi) is 4.59. The molecule has 82 valence electrons. The van der Waals surface area contributed by atoms with E-state index in [2.05, 4.69) is 6.08 Å². The average molecular weight is 199 g/mol. The van der Waals surface area contributed by atoms with Crippen LogP contribution in [-0.2, 0) is 0 Å². The lowest BCUT2D eigenvalue weighted by molar-refractivity contribution is 0.212. The maximum absolute atomic E-state index is 14.1. The van der Waals surface area contributed by atoms with E-state index >= 15 is 0 Å². The molecule has 0 spiro atoms. The van der Waals surface area contributed by atoms with Crippen LogP contribution < -0.4 is 5.73 Å². The van der Waals surface area contributed by atoms with E-state index in [0.29, 0.717) is 12.5 Å². The predicted octanol–water partition coefficient (Wildman–Crippen LogP) is 3.06. The first-order valence-electron chi connectivity index (χ1n) is 5.70. The van der Waals surface area contributed by atoms with Gasteiger partial charge in [0, 0.05) is 5.92 Å². The Morgan fingerprint density at radius 1 is 1.43 bits per heavy atom. The number of hydrogen-bond donors (Lipinski definition) is 1. The summed E-state index contributed by atoms with van der Waals surface area (Å²) in [5.74, 6) is 0.331. The van der Waals surface area contributed by atoms with E-state index in [-0.39, 0.29) is 5.92 Å². The molecule has 0 bridgehead atoms. The third-order valence-electron chi connectivity index (χ3n) is 3.18. The van der Waals surface area contributed by atoms with Gasteiger partial charge in [-0.3, -0.25) is 0 Å². The highest BCUT2D eigenvalue weighted by Crippen LogP contribution is 2.29. The Bertz CT molecular complexity index is 198. The van der Waals surface area contributed by atoms with Crippen LogP contribution in [0.3, 0.4) is 0 Å². The topological polar surface area (TPSA) is 26.0 Å². The van der Waals surface area contributed by atoms with Crippen LogP contribution in [0.15, 0.2) is 11.6 Å². The molecule has 14 heavy (non-hydrogen) atoms. The molecule has 0 aromatic carbocycles. The fraction of sp³-hybridized carbons (Fsp3) is 0.833. The lowest BCUT2D eigenvalue weighted by atomic mass is 9.84. The van der Waals surface area contributed by atoms with E-state index in [1.807, 2.05) is 13.8 Å². The molecule has 1 aliphatic rings. The molecule has 2 heteroatoms. The summed E-state index contributed by atoms with van der Waals surface area (Å²) in [5.41, 5.74) is 6.61. The highest BCUT2D eigenvalue weighted by Gasteiger charge is 2.26. The lowest BCUT2D eigenvalue weighted by Crippen LogP contribution is -2.31. The van der Waals surface area contributed by atoms with Crippen molar-refractivity contribution in [2.24, 2.45) is 17.6 Å². The Labute approximate surface area is 86.6 Å². The van der Waals surface area contributed by atoms with Gasteiger partial charge in [-0.05, 0) is 43.7 Å². The third-order valence-corrected chi connectivity index (χ3v) is 3.18. The molecule has 2 N–H and O–H groups in total. The minimum Gasteiger partial charge on any atom is -0.330 e. The van der Waals surface area contributed by atoms with Gasteiger partial charge in [0.25, 0.3) is 0 Å². The second-order valence-corrected chi connectivity index (χ2v) is 4.57. The molecule has 1 rings (SSSR count). The van der Waals surface area contributed by atoms with Gasteiger partial charge in [0.1, 0.15) is 6.17 Å². The smallest absolute Gasteiger partial charge is 0.125 e. The molecule has 0 aromatic rings. The van der Waals surface area contributed by atoms with Crippen molar-refractivity contribution in [3.8, 4) is 0 Å². The molecule has 0 saturated heterocycles. The SMILES string of the molecule is CC(C)C(CN)C(F)C1=CCCCC1. The van der Waals surface area contributed by atoms with Gasteiger partial charge in [0.2, 0.25) is 0 Å². The van der Waals surface area contributed by atoms with E-state index in [1.165, 1.54) is 6.42 Å². The number of rotatable bonds is 4. The van der Waals surface area contributed by atoms with Gasteiger partial charge in [-0.25, -0.2) is 4.39 Å². The molecule has 2 atom stereocenters. The predicted molar refractivity (Wildman–Crippen MR) is 58.8 cm³/mol. The van der Waals surface area contributed by atoms with E-state index in [0.717, 1.165) is 24.8 Å². The number of alkyl halides is 1. The van der Waals surface area contributed by atoms with Crippen LogP contribution in [-0.4, -0.2) is 12.7 Å². The summed E-state index contributed by atoms with van der Waals surface area (Å²) >= 11 is 0. The highest BCUT2D eigenvalue weighted by molar-refractivity contribution is 5.12. The van der Waals surface area contributed by atoms with Crippen molar-refractivity contribution in [2.45, 2.75) is 45.7 Å². The zero-order valence-corrected chi connectivity index (χ0v) is 9.30. The molecule has 0 amide bonds. The van der Waals surface area contributed by atoms with Gasteiger partial charge in [-0.1, -0.05) is 19.9 Å². The number of nitrogens with two attached hydrogens (primary N) is 1. The lowest BCUT2D eigenvalue weighted by Gasteiger charge is -2.26. The molecule has 0 radical (unpaired) electrons. The first-order valence-corrected chi connectivity index (χ1v) is 5.70. The highest BCUT2D eigenvalue weighted by atomic mass is 19.1. The molecule has 0 aromatic heterocycles. The summed E-state index contributed by atoms with van der Waals surface area (Å²) in [6, 6.07) is 0.